The van der Waals surface area contributed by atoms with Crippen LogP contribution in [0.5, 0.6) is 0 Å². The van der Waals surface area contributed by atoms with Gasteiger partial charge in [-0.05, 0) is 68.2 Å². The Balaban J connectivity index is 1.20. The molecule has 3 aromatic rings. The van der Waals surface area contributed by atoms with E-state index < -0.39 is 0 Å². The molecule has 156 valence electrons. The van der Waals surface area contributed by atoms with Crippen molar-refractivity contribution in [2.24, 2.45) is 5.92 Å². The van der Waals surface area contributed by atoms with Gasteiger partial charge in [-0.3, -0.25) is 4.79 Å². The van der Waals surface area contributed by atoms with Crippen LogP contribution >= 0.6 is 0 Å². The Bertz CT molecular complexity index is 1030. The molecule has 5 nitrogen and oxygen atoms in total. The number of nitrogens with zero attached hydrogens (tertiary/aromatic N) is 3. The average molecular weight is 404 g/mol. The minimum absolute atomic E-state index is 0.181. The van der Waals surface area contributed by atoms with Crippen molar-refractivity contribution < 1.29 is 9.53 Å². The number of pyridine rings is 1. The van der Waals surface area contributed by atoms with E-state index in [1.807, 2.05) is 17.3 Å². The SMILES string of the molecule is Cc1c(-c2ccc(CC3CCN(C(=O)C4CCCO4)CC3)cc2)ccc2nccn12. The predicted octanol–water partition coefficient (Wildman–Crippen LogP) is 4.27. The molecule has 1 unspecified atom stereocenters. The van der Waals surface area contributed by atoms with Crippen molar-refractivity contribution in [1.29, 1.82) is 0 Å². The van der Waals surface area contributed by atoms with Crippen molar-refractivity contribution in [3.8, 4) is 11.1 Å². The van der Waals surface area contributed by atoms with Crippen molar-refractivity contribution >= 4 is 11.6 Å². The Morgan fingerprint density at radius 2 is 1.90 bits per heavy atom. The summed E-state index contributed by atoms with van der Waals surface area (Å²) in [5, 5.41) is 0. The molecule has 0 N–H and O–H groups in total. The molecule has 1 amide bonds. The van der Waals surface area contributed by atoms with Crippen LogP contribution in [0.25, 0.3) is 16.8 Å². The number of carbonyl (C=O) groups excluding carboxylic acids is 1. The molecule has 0 aliphatic carbocycles. The van der Waals surface area contributed by atoms with Crippen LogP contribution in [0.3, 0.4) is 0 Å². The summed E-state index contributed by atoms with van der Waals surface area (Å²) >= 11 is 0. The topological polar surface area (TPSA) is 46.8 Å². The molecule has 2 aliphatic heterocycles. The van der Waals surface area contributed by atoms with Crippen molar-refractivity contribution in [2.75, 3.05) is 19.7 Å². The number of hydrogen-bond acceptors (Lipinski definition) is 3. The van der Waals surface area contributed by atoms with Gasteiger partial charge in [-0.2, -0.15) is 0 Å². The van der Waals surface area contributed by atoms with Crippen LogP contribution in [-0.4, -0.2) is 46.0 Å². The average Bonchev–Trinajstić information content (AvgIpc) is 3.47. The maximum absolute atomic E-state index is 12.5. The number of benzene rings is 1. The summed E-state index contributed by atoms with van der Waals surface area (Å²) in [5.41, 5.74) is 6.05. The molecule has 30 heavy (non-hydrogen) atoms. The van der Waals surface area contributed by atoms with E-state index in [9.17, 15) is 4.79 Å². The fraction of sp³-hybridized carbons (Fsp3) is 0.440. The third-order valence-electron chi connectivity index (χ3n) is 6.74. The Labute approximate surface area is 177 Å². The minimum atomic E-state index is -0.181. The molecule has 2 saturated heterocycles. The fourth-order valence-corrected chi connectivity index (χ4v) is 4.92. The number of carbonyl (C=O) groups is 1. The summed E-state index contributed by atoms with van der Waals surface area (Å²) in [7, 11) is 0. The highest BCUT2D eigenvalue weighted by atomic mass is 16.5. The molecule has 1 atom stereocenters. The third kappa shape index (κ3) is 3.74. The molecular weight excluding hydrogens is 374 g/mol. The number of aryl methyl sites for hydroxylation is 1. The highest BCUT2D eigenvalue weighted by molar-refractivity contribution is 5.81. The first-order valence-electron chi connectivity index (χ1n) is 11.1. The van der Waals surface area contributed by atoms with E-state index in [2.05, 4.69) is 52.7 Å². The number of rotatable bonds is 4. The van der Waals surface area contributed by atoms with Gasteiger partial charge in [0.15, 0.2) is 0 Å². The predicted molar refractivity (Wildman–Crippen MR) is 117 cm³/mol. The summed E-state index contributed by atoms with van der Waals surface area (Å²) < 4.78 is 7.70. The quantitative estimate of drug-likeness (QED) is 0.654. The molecule has 0 radical (unpaired) electrons. The second kappa shape index (κ2) is 8.23. The van der Waals surface area contributed by atoms with Crippen molar-refractivity contribution in [3.63, 3.8) is 0 Å². The standard InChI is InChI=1S/C25H29N3O2/c1-18-22(8-9-24-26-12-15-28(18)24)21-6-4-19(5-7-21)17-20-10-13-27(14-11-20)25(29)23-3-2-16-30-23/h4-9,12,15,20,23H,2-3,10-11,13-14,16-17H2,1H3. The molecule has 1 aromatic carbocycles. The number of likely N-dealkylation sites (tertiary alicyclic amines) is 1. The number of aromatic nitrogens is 2. The second-order valence-corrected chi connectivity index (χ2v) is 8.66. The highest BCUT2D eigenvalue weighted by Gasteiger charge is 2.30. The first-order chi connectivity index (χ1) is 14.7. The maximum atomic E-state index is 12.5. The number of imidazole rings is 1. The molecule has 0 bridgehead atoms. The molecule has 2 aliphatic rings. The Morgan fingerprint density at radius 3 is 2.63 bits per heavy atom. The summed E-state index contributed by atoms with van der Waals surface area (Å²) in [6.45, 7) is 4.61. The van der Waals surface area contributed by atoms with Gasteiger partial charge in [0.2, 0.25) is 0 Å². The monoisotopic (exact) mass is 403 g/mol. The van der Waals surface area contributed by atoms with E-state index in [1.165, 1.54) is 22.4 Å². The van der Waals surface area contributed by atoms with E-state index in [0.717, 1.165) is 57.4 Å². The largest absolute Gasteiger partial charge is 0.368 e. The Kier molecular flexibility index (Phi) is 5.30. The lowest BCUT2D eigenvalue weighted by Gasteiger charge is -2.33. The molecule has 0 saturated carbocycles. The second-order valence-electron chi connectivity index (χ2n) is 8.66. The van der Waals surface area contributed by atoms with Crippen LogP contribution in [0.1, 0.15) is 36.9 Å². The maximum Gasteiger partial charge on any atom is 0.251 e. The lowest BCUT2D eigenvalue weighted by atomic mass is 9.89. The van der Waals surface area contributed by atoms with Crippen LogP contribution in [0.4, 0.5) is 0 Å². The Hall–Kier alpha value is -2.66. The van der Waals surface area contributed by atoms with Crippen LogP contribution in [-0.2, 0) is 16.0 Å². The molecule has 5 rings (SSSR count). The van der Waals surface area contributed by atoms with E-state index in [1.54, 1.807) is 0 Å². The third-order valence-corrected chi connectivity index (χ3v) is 6.74. The lowest BCUT2D eigenvalue weighted by molar-refractivity contribution is -0.142. The number of piperidine rings is 1. The van der Waals surface area contributed by atoms with E-state index in [-0.39, 0.29) is 12.0 Å². The number of amides is 1. The first-order valence-corrected chi connectivity index (χ1v) is 11.1. The van der Waals surface area contributed by atoms with Gasteiger partial charge in [0, 0.05) is 43.3 Å². The van der Waals surface area contributed by atoms with Gasteiger partial charge in [0.05, 0.1) is 0 Å². The van der Waals surface area contributed by atoms with Crippen LogP contribution in [0.15, 0.2) is 48.8 Å². The molecule has 2 aromatic heterocycles. The molecule has 5 heteroatoms. The summed E-state index contributed by atoms with van der Waals surface area (Å²) in [6.07, 6.45) is 8.82. The van der Waals surface area contributed by atoms with Gasteiger partial charge in [0.1, 0.15) is 11.8 Å². The summed E-state index contributed by atoms with van der Waals surface area (Å²) in [6, 6.07) is 13.2. The van der Waals surface area contributed by atoms with E-state index >= 15 is 0 Å². The zero-order valence-electron chi connectivity index (χ0n) is 17.6. The zero-order valence-corrected chi connectivity index (χ0v) is 17.6. The van der Waals surface area contributed by atoms with E-state index in [4.69, 9.17) is 4.74 Å². The van der Waals surface area contributed by atoms with E-state index in [0.29, 0.717) is 5.92 Å². The summed E-state index contributed by atoms with van der Waals surface area (Å²) in [5.74, 6) is 0.856. The number of ether oxygens (including phenoxy) is 1. The van der Waals surface area contributed by atoms with Gasteiger partial charge in [-0.15, -0.1) is 0 Å². The smallest absolute Gasteiger partial charge is 0.251 e. The van der Waals surface area contributed by atoms with Crippen molar-refractivity contribution in [3.05, 3.63) is 60.0 Å². The van der Waals surface area contributed by atoms with Gasteiger partial charge in [-0.25, -0.2) is 4.98 Å². The lowest BCUT2D eigenvalue weighted by Crippen LogP contribution is -2.44. The van der Waals surface area contributed by atoms with Gasteiger partial charge < -0.3 is 14.0 Å². The molecule has 2 fully saturated rings. The van der Waals surface area contributed by atoms with Crippen LogP contribution < -0.4 is 0 Å². The van der Waals surface area contributed by atoms with Crippen LogP contribution in [0.2, 0.25) is 0 Å². The van der Waals surface area contributed by atoms with Crippen molar-refractivity contribution in [1.82, 2.24) is 14.3 Å². The first kappa shape index (κ1) is 19.3. The molecule has 4 heterocycles. The number of fused-ring (bicyclic) bond motifs is 1. The zero-order chi connectivity index (χ0) is 20.5. The van der Waals surface area contributed by atoms with Gasteiger partial charge >= 0.3 is 0 Å². The van der Waals surface area contributed by atoms with Crippen molar-refractivity contribution in [2.45, 2.75) is 45.1 Å². The normalized spacial score (nSPS) is 20.2. The number of hydrogen-bond donors (Lipinski definition) is 0. The highest BCUT2D eigenvalue weighted by Crippen LogP contribution is 2.27. The molecule has 0 spiro atoms. The molecular formula is C25H29N3O2. The minimum Gasteiger partial charge on any atom is -0.368 e. The van der Waals surface area contributed by atoms with Crippen LogP contribution in [0, 0.1) is 12.8 Å². The summed E-state index contributed by atoms with van der Waals surface area (Å²) in [4.78, 5) is 18.9. The van der Waals surface area contributed by atoms with Gasteiger partial charge in [-0.1, -0.05) is 24.3 Å². The van der Waals surface area contributed by atoms with Gasteiger partial charge in [0.25, 0.3) is 5.91 Å². The fourth-order valence-electron chi connectivity index (χ4n) is 4.92. The Morgan fingerprint density at radius 1 is 1.10 bits per heavy atom.